The molecule has 0 aliphatic heterocycles. The molecule has 3 heteroatoms. The van der Waals surface area contributed by atoms with Crippen LogP contribution in [0.5, 0.6) is 0 Å². The predicted octanol–water partition coefficient (Wildman–Crippen LogP) is 10.4. The predicted molar refractivity (Wildman–Crippen MR) is 185 cm³/mol. The van der Waals surface area contributed by atoms with Gasteiger partial charge in [-0.2, -0.15) is 0 Å². The quantitative estimate of drug-likeness (QED) is 0.210. The minimum Gasteiger partial charge on any atom is -0.208 e. The highest BCUT2D eigenvalue weighted by Crippen LogP contribution is 2.42. The molecule has 0 fully saturated rings. The van der Waals surface area contributed by atoms with Crippen LogP contribution in [0.2, 0.25) is 0 Å². The monoisotopic (exact) mass is 573 g/mol. The zero-order valence-electron chi connectivity index (χ0n) is 24.5. The van der Waals surface area contributed by atoms with Gasteiger partial charge in [0, 0.05) is 16.7 Å². The smallest absolute Gasteiger partial charge is 0.164 e. The van der Waals surface area contributed by atoms with Gasteiger partial charge >= 0.3 is 0 Å². The summed E-state index contributed by atoms with van der Waals surface area (Å²) in [4.78, 5) is 15.0. The molecule has 210 valence electrons. The molecule has 0 N–H and O–H groups in total. The SMILES string of the molecule is c1ccc(-c2nc(-c3ccc(-c4ccc5ccccc5c4)cc3)nc(-c3ccc4c(c3)-c3ccc5ccccc5c3C4)n2)cc1. The molecular weight excluding hydrogens is 546 g/mol. The lowest BCUT2D eigenvalue weighted by molar-refractivity contribution is 1.07. The minimum atomic E-state index is 0.663. The van der Waals surface area contributed by atoms with Crippen molar-refractivity contribution in [2.75, 3.05) is 0 Å². The third kappa shape index (κ3) is 4.49. The molecule has 0 bridgehead atoms. The maximum atomic E-state index is 5.05. The number of aromatic nitrogens is 3. The molecule has 0 amide bonds. The first-order valence-corrected chi connectivity index (χ1v) is 15.3. The van der Waals surface area contributed by atoms with Crippen LogP contribution in [-0.4, -0.2) is 15.0 Å². The third-order valence-electron chi connectivity index (χ3n) is 8.96. The third-order valence-corrected chi connectivity index (χ3v) is 8.96. The average molecular weight is 574 g/mol. The summed E-state index contributed by atoms with van der Waals surface area (Å²) in [6, 6.07) is 53.6. The first-order valence-electron chi connectivity index (χ1n) is 15.3. The van der Waals surface area contributed by atoms with Gasteiger partial charge in [-0.3, -0.25) is 0 Å². The summed E-state index contributed by atoms with van der Waals surface area (Å²) >= 11 is 0. The van der Waals surface area contributed by atoms with E-state index in [4.69, 9.17) is 15.0 Å². The normalized spacial score (nSPS) is 11.9. The topological polar surface area (TPSA) is 38.7 Å². The van der Waals surface area contributed by atoms with Gasteiger partial charge in [-0.05, 0) is 73.5 Å². The molecule has 1 aromatic heterocycles. The van der Waals surface area contributed by atoms with Crippen molar-refractivity contribution in [3.05, 3.63) is 163 Å². The molecule has 0 saturated heterocycles. The van der Waals surface area contributed by atoms with E-state index in [-0.39, 0.29) is 0 Å². The van der Waals surface area contributed by atoms with Gasteiger partial charge in [0.25, 0.3) is 0 Å². The lowest BCUT2D eigenvalue weighted by Gasteiger charge is -2.10. The van der Waals surface area contributed by atoms with Gasteiger partial charge in [0.1, 0.15) is 0 Å². The van der Waals surface area contributed by atoms with Crippen molar-refractivity contribution < 1.29 is 0 Å². The van der Waals surface area contributed by atoms with Crippen molar-refractivity contribution in [3.63, 3.8) is 0 Å². The Kier molecular flexibility index (Phi) is 5.88. The minimum absolute atomic E-state index is 0.663. The highest BCUT2D eigenvalue weighted by molar-refractivity contribution is 5.96. The Morgan fingerprint density at radius 1 is 0.356 bits per heavy atom. The summed E-state index contributed by atoms with van der Waals surface area (Å²) in [5.74, 6) is 2.01. The molecule has 0 atom stereocenters. The van der Waals surface area contributed by atoms with Gasteiger partial charge < -0.3 is 0 Å². The number of fused-ring (bicyclic) bond motifs is 6. The molecule has 9 rings (SSSR count). The Morgan fingerprint density at radius 3 is 1.73 bits per heavy atom. The molecule has 3 nitrogen and oxygen atoms in total. The maximum Gasteiger partial charge on any atom is 0.164 e. The van der Waals surface area contributed by atoms with Crippen molar-refractivity contribution in [2.45, 2.75) is 6.42 Å². The van der Waals surface area contributed by atoms with E-state index in [2.05, 4.69) is 133 Å². The maximum absolute atomic E-state index is 5.05. The van der Waals surface area contributed by atoms with Gasteiger partial charge in [0.15, 0.2) is 17.5 Å². The lowest BCUT2D eigenvalue weighted by atomic mass is 9.99. The second-order valence-corrected chi connectivity index (χ2v) is 11.7. The summed E-state index contributed by atoms with van der Waals surface area (Å²) in [6.07, 6.45) is 0.938. The van der Waals surface area contributed by atoms with Gasteiger partial charge in [-0.25, -0.2) is 15.0 Å². The second kappa shape index (κ2) is 10.4. The van der Waals surface area contributed by atoms with E-state index < -0.39 is 0 Å². The van der Waals surface area contributed by atoms with Crippen LogP contribution in [-0.2, 0) is 6.42 Å². The van der Waals surface area contributed by atoms with Crippen molar-refractivity contribution in [1.82, 2.24) is 15.0 Å². The largest absolute Gasteiger partial charge is 0.208 e. The van der Waals surface area contributed by atoms with Crippen molar-refractivity contribution in [1.29, 1.82) is 0 Å². The fourth-order valence-corrected chi connectivity index (χ4v) is 6.62. The number of rotatable bonds is 4. The van der Waals surface area contributed by atoms with Gasteiger partial charge in [-0.1, -0.05) is 140 Å². The van der Waals surface area contributed by atoms with E-state index >= 15 is 0 Å². The highest BCUT2D eigenvalue weighted by atomic mass is 15.0. The molecule has 0 radical (unpaired) electrons. The zero-order chi connectivity index (χ0) is 29.7. The Hall–Kier alpha value is -5.93. The van der Waals surface area contributed by atoms with E-state index in [0.29, 0.717) is 17.5 Å². The molecule has 0 spiro atoms. The molecular formula is C42H27N3. The Bertz CT molecular complexity index is 2390. The van der Waals surface area contributed by atoms with Crippen LogP contribution >= 0.6 is 0 Å². The molecule has 1 aliphatic rings. The van der Waals surface area contributed by atoms with Gasteiger partial charge in [0.05, 0.1) is 0 Å². The fourth-order valence-electron chi connectivity index (χ4n) is 6.62. The fraction of sp³-hybridized carbons (Fsp3) is 0.0238. The van der Waals surface area contributed by atoms with Crippen LogP contribution in [0, 0.1) is 0 Å². The van der Waals surface area contributed by atoms with Crippen LogP contribution in [0.3, 0.4) is 0 Å². The molecule has 45 heavy (non-hydrogen) atoms. The number of hydrogen-bond acceptors (Lipinski definition) is 3. The molecule has 0 saturated carbocycles. The second-order valence-electron chi connectivity index (χ2n) is 11.7. The van der Waals surface area contributed by atoms with Crippen LogP contribution < -0.4 is 0 Å². The zero-order valence-corrected chi connectivity index (χ0v) is 24.5. The lowest BCUT2D eigenvalue weighted by Crippen LogP contribution is -2.00. The summed E-state index contributed by atoms with van der Waals surface area (Å²) in [5.41, 5.74) is 10.6. The van der Waals surface area contributed by atoms with Crippen molar-refractivity contribution >= 4 is 21.5 Å². The van der Waals surface area contributed by atoms with E-state index in [1.165, 1.54) is 49.4 Å². The van der Waals surface area contributed by atoms with Crippen molar-refractivity contribution in [3.8, 4) is 56.4 Å². The summed E-state index contributed by atoms with van der Waals surface area (Å²) < 4.78 is 0. The summed E-state index contributed by atoms with van der Waals surface area (Å²) in [6.45, 7) is 0. The van der Waals surface area contributed by atoms with E-state index in [0.717, 1.165) is 28.7 Å². The van der Waals surface area contributed by atoms with Crippen LogP contribution in [0.15, 0.2) is 152 Å². The Labute approximate surface area is 261 Å². The molecule has 8 aromatic rings. The van der Waals surface area contributed by atoms with E-state index in [1.54, 1.807) is 0 Å². The Balaban J connectivity index is 1.14. The average Bonchev–Trinajstić information content (AvgIpc) is 3.50. The van der Waals surface area contributed by atoms with E-state index in [9.17, 15) is 0 Å². The van der Waals surface area contributed by atoms with Crippen LogP contribution in [0.25, 0.3) is 78.0 Å². The summed E-state index contributed by atoms with van der Waals surface area (Å²) in [7, 11) is 0. The molecule has 1 aliphatic carbocycles. The van der Waals surface area contributed by atoms with Crippen LogP contribution in [0.1, 0.15) is 11.1 Å². The number of hydrogen-bond donors (Lipinski definition) is 0. The van der Waals surface area contributed by atoms with Crippen molar-refractivity contribution in [2.24, 2.45) is 0 Å². The number of nitrogens with zero attached hydrogens (tertiary/aromatic N) is 3. The van der Waals surface area contributed by atoms with Crippen LogP contribution in [0.4, 0.5) is 0 Å². The first-order chi connectivity index (χ1) is 22.3. The first kappa shape index (κ1) is 25.6. The van der Waals surface area contributed by atoms with E-state index in [1.807, 2.05) is 18.2 Å². The molecule has 1 heterocycles. The highest BCUT2D eigenvalue weighted by Gasteiger charge is 2.22. The molecule has 0 unspecified atom stereocenters. The standard InChI is InChI=1S/C42H27N3/c1-2-10-30(11-3-1)40-43-41(31-17-14-28(15-18-31)33-19-16-27-8-4-5-12-32(27)24-33)45-42(44-40)35-21-20-34-25-39-36-13-7-6-9-29(36)22-23-37(39)38(34)26-35/h1-24,26H,25H2. The molecule has 7 aromatic carbocycles. The van der Waals surface area contributed by atoms with Gasteiger partial charge in [-0.15, -0.1) is 0 Å². The summed E-state index contributed by atoms with van der Waals surface area (Å²) in [5, 5.41) is 5.09. The van der Waals surface area contributed by atoms with Gasteiger partial charge in [0.2, 0.25) is 0 Å². The number of benzene rings is 7. The Morgan fingerprint density at radius 2 is 0.933 bits per heavy atom.